The van der Waals surface area contributed by atoms with Gasteiger partial charge in [-0.3, -0.25) is 4.48 Å². The standard InChI is InChI=1S/C15H22NOS/c1-12(2)16(8-10-17-11-9-16)15(18)14-7-5-4-6-13(14)3/h4-7,12H,8-11H2,1-3H3/q+1. The number of ether oxygens (including phenoxy) is 1. The lowest BCUT2D eigenvalue weighted by Crippen LogP contribution is -2.62. The van der Waals surface area contributed by atoms with Crippen LogP contribution in [0.1, 0.15) is 25.0 Å². The highest BCUT2D eigenvalue weighted by Crippen LogP contribution is 2.24. The first-order valence-electron chi connectivity index (χ1n) is 6.63. The molecule has 0 unspecified atom stereocenters. The van der Waals surface area contributed by atoms with Gasteiger partial charge in [-0.05, 0) is 44.6 Å². The predicted molar refractivity (Wildman–Crippen MR) is 78.8 cm³/mol. The summed E-state index contributed by atoms with van der Waals surface area (Å²) in [5.74, 6) is 0. The molecule has 0 saturated carbocycles. The minimum Gasteiger partial charge on any atom is -0.370 e. The number of hydrogen-bond donors (Lipinski definition) is 0. The molecular weight excluding hydrogens is 242 g/mol. The van der Waals surface area contributed by atoms with E-state index >= 15 is 0 Å². The summed E-state index contributed by atoms with van der Waals surface area (Å²) < 4.78 is 6.41. The van der Waals surface area contributed by atoms with Crippen LogP contribution in [0.25, 0.3) is 0 Å². The van der Waals surface area contributed by atoms with Crippen molar-refractivity contribution in [3.05, 3.63) is 35.4 Å². The number of rotatable bonds is 2. The lowest BCUT2D eigenvalue weighted by Gasteiger charge is -2.44. The van der Waals surface area contributed by atoms with E-state index in [-0.39, 0.29) is 0 Å². The molecule has 0 radical (unpaired) electrons. The number of benzene rings is 1. The van der Waals surface area contributed by atoms with Crippen molar-refractivity contribution in [1.82, 2.24) is 0 Å². The molecule has 0 aromatic heterocycles. The lowest BCUT2D eigenvalue weighted by molar-refractivity contribution is -0.868. The molecule has 3 heteroatoms. The third kappa shape index (κ3) is 2.35. The second kappa shape index (κ2) is 5.47. The average Bonchev–Trinajstić information content (AvgIpc) is 2.39. The summed E-state index contributed by atoms with van der Waals surface area (Å²) >= 11 is 5.83. The minimum atomic E-state index is 0.501. The molecule has 0 aliphatic carbocycles. The van der Waals surface area contributed by atoms with E-state index in [1.807, 2.05) is 0 Å². The van der Waals surface area contributed by atoms with Crippen LogP contribution in [0.2, 0.25) is 0 Å². The number of aryl methyl sites for hydroxylation is 1. The summed E-state index contributed by atoms with van der Waals surface area (Å²) in [6.07, 6.45) is 0. The highest BCUT2D eigenvalue weighted by Gasteiger charge is 2.39. The van der Waals surface area contributed by atoms with Gasteiger partial charge < -0.3 is 4.74 Å². The summed E-state index contributed by atoms with van der Waals surface area (Å²) in [7, 11) is 0. The van der Waals surface area contributed by atoms with Crippen LogP contribution < -0.4 is 0 Å². The maximum atomic E-state index is 5.83. The van der Waals surface area contributed by atoms with E-state index < -0.39 is 0 Å². The Hall–Kier alpha value is -0.770. The number of nitrogens with zero attached hydrogens (tertiary/aromatic N) is 1. The van der Waals surface area contributed by atoms with Crippen LogP contribution in [-0.2, 0) is 4.74 Å². The van der Waals surface area contributed by atoms with Gasteiger partial charge in [0, 0.05) is 0 Å². The van der Waals surface area contributed by atoms with Crippen molar-refractivity contribution >= 4 is 17.2 Å². The molecule has 0 amide bonds. The molecular formula is C15H22NOS+. The van der Waals surface area contributed by atoms with Crippen molar-refractivity contribution in [2.24, 2.45) is 0 Å². The van der Waals surface area contributed by atoms with E-state index in [0.717, 1.165) is 35.8 Å². The van der Waals surface area contributed by atoms with Crippen molar-refractivity contribution in [1.29, 1.82) is 0 Å². The van der Waals surface area contributed by atoms with Crippen LogP contribution in [0.3, 0.4) is 0 Å². The zero-order valence-corrected chi connectivity index (χ0v) is 12.3. The molecule has 2 nitrogen and oxygen atoms in total. The normalized spacial score (nSPS) is 18.9. The maximum Gasteiger partial charge on any atom is 0.206 e. The summed E-state index contributed by atoms with van der Waals surface area (Å²) in [5.41, 5.74) is 2.50. The Morgan fingerprint density at radius 1 is 1.22 bits per heavy atom. The first-order valence-corrected chi connectivity index (χ1v) is 7.04. The zero-order chi connectivity index (χ0) is 13.2. The quantitative estimate of drug-likeness (QED) is 0.600. The van der Waals surface area contributed by atoms with Crippen molar-refractivity contribution in [2.75, 3.05) is 26.3 Å². The van der Waals surface area contributed by atoms with E-state index in [4.69, 9.17) is 17.0 Å². The molecule has 0 spiro atoms. The molecule has 0 bridgehead atoms. The molecule has 0 N–H and O–H groups in total. The average molecular weight is 264 g/mol. The van der Waals surface area contributed by atoms with Gasteiger partial charge in [0.25, 0.3) is 0 Å². The Morgan fingerprint density at radius 2 is 1.83 bits per heavy atom. The third-order valence-corrected chi connectivity index (χ3v) is 4.62. The second-order valence-corrected chi connectivity index (χ2v) is 5.69. The van der Waals surface area contributed by atoms with Crippen LogP contribution in [-0.4, -0.2) is 41.8 Å². The molecule has 18 heavy (non-hydrogen) atoms. The molecule has 1 aromatic carbocycles. The van der Waals surface area contributed by atoms with Crippen molar-refractivity contribution in [2.45, 2.75) is 26.8 Å². The molecule has 1 aliphatic heterocycles. The fourth-order valence-electron chi connectivity index (χ4n) is 2.68. The van der Waals surface area contributed by atoms with Gasteiger partial charge in [0.15, 0.2) is 0 Å². The smallest absolute Gasteiger partial charge is 0.206 e. The van der Waals surface area contributed by atoms with E-state index in [2.05, 4.69) is 45.0 Å². The number of morpholine rings is 1. The molecule has 0 atom stereocenters. The predicted octanol–water partition coefficient (Wildman–Crippen LogP) is 2.93. The van der Waals surface area contributed by atoms with Gasteiger partial charge in [0.2, 0.25) is 4.99 Å². The molecule has 1 fully saturated rings. The van der Waals surface area contributed by atoms with E-state index in [9.17, 15) is 0 Å². The highest BCUT2D eigenvalue weighted by molar-refractivity contribution is 7.80. The van der Waals surface area contributed by atoms with Gasteiger partial charge in [-0.2, -0.15) is 0 Å². The fourth-order valence-corrected chi connectivity index (χ4v) is 3.30. The van der Waals surface area contributed by atoms with Crippen LogP contribution in [0.15, 0.2) is 24.3 Å². The third-order valence-electron chi connectivity index (χ3n) is 4.04. The minimum absolute atomic E-state index is 0.501. The first-order chi connectivity index (χ1) is 8.58. The Bertz CT molecular complexity index is 436. The maximum absolute atomic E-state index is 5.83. The Kier molecular flexibility index (Phi) is 4.15. The number of thiocarbonyl (C=S) groups is 1. The lowest BCUT2D eigenvalue weighted by atomic mass is 10.0. The number of hydrogen-bond acceptors (Lipinski definition) is 2. The molecule has 1 heterocycles. The monoisotopic (exact) mass is 264 g/mol. The SMILES string of the molecule is Cc1ccccc1C(=S)[N+]1(C(C)C)CCOCC1. The molecule has 1 aliphatic rings. The van der Waals surface area contributed by atoms with Gasteiger partial charge in [0.05, 0.1) is 24.8 Å². The molecule has 1 saturated heterocycles. The van der Waals surface area contributed by atoms with Gasteiger partial charge in [0.1, 0.15) is 13.1 Å². The number of quaternary nitrogens is 1. The van der Waals surface area contributed by atoms with Gasteiger partial charge in [-0.25, -0.2) is 0 Å². The van der Waals surface area contributed by atoms with Crippen LogP contribution in [0, 0.1) is 6.92 Å². The Labute approximate surface area is 115 Å². The van der Waals surface area contributed by atoms with Gasteiger partial charge >= 0.3 is 0 Å². The largest absolute Gasteiger partial charge is 0.370 e. The van der Waals surface area contributed by atoms with Crippen molar-refractivity contribution in [3.63, 3.8) is 0 Å². The zero-order valence-electron chi connectivity index (χ0n) is 11.5. The van der Waals surface area contributed by atoms with Crippen molar-refractivity contribution in [3.8, 4) is 0 Å². The highest BCUT2D eigenvalue weighted by atomic mass is 32.1. The summed E-state index contributed by atoms with van der Waals surface area (Å²) in [4.78, 5) is 1.08. The summed E-state index contributed by atoms with van der Waals surface area (Å²) in [5, 5.41) is 0. The summed E-state index contributed by atoms with van der Waals surface area (Å²) in [6.45, 7) is 10.3. The van der Waals surface area contributed by atoms with Crippen LogP contribution in [0.5, 0.6) is 0 Å². The van der Waals surface area contributed by atoms with Gasteiger partial charge in [-0.1, -0.05) is 18.2 Å². The van der Waals surface area contributed by atoms with E-state index in [0.29, 0.717) is 6.04 Å². The van der Waals surface area contributed by atoms with Gasteiger partial charge in [-0.15, -0.1) is 0 Å². The van der Waals surface area contributed by atoms with E-state index in [1.165, 1.54) is 11.1 Å². The topological polar surface area (TPSA) is 9.23 Å². The molecule has 2 rings (SSSR count). The Morgan fingerprint density at radius 3 is 2.39 bits per heavy atom. The fraction of sp³-hybridized carbons (Fsp3) is 0.533. The van der Waals surface area contributed by atoms with Crippen molar-refractivity contribution < 1.29 is 9.22 Å². The molecule has 1 aromatic rings. The van der Waals surface area contributed by atoms with Crippen LogP contribution >= 0.6 is 12.2 Å². The van der Waals surface area contributed by atoms with E-state index in [1.54, 1.807) is 0 Å². The molecule has 98 valence electrons. The Balaban J connectivity index is 2.38. The summed E-state index contributed by atoms with van der Waals surface area (Å²) in [6, 6.07) is 8.93. The first kappa shape index (κ1) is 13.7. The second-order valence-electron chi connectivity index (χ2n) is 5.31. The van der Waals surface area contributed by atoms with Crippen LogP contribution in [0.4, 0.5) is 0 Å².